The molecule has 0 saturated carbocycles. The number of benzene rings is 1. The number of hydrogen-bond donors (Lipinski definition) is 1. The third-order valence-electron chi connectivity index (χ3n) is 5.35. The van der Waals surface area contributed by atoms with Crippen molar-refractivity contribution < 1.29 is 14.3 Å². The van der Waals surface area contributed by atoms with Gasteiger partial charge in [-0.25, -0.2) is 0 Å². The minimum atomic E-state index is -0.360. The van der Waals surface area contributed by atoms with Gasteiger partial charge >= 0.3 is 0 Å². The van der Waals surface area contributed by atoms with E-state index in [-0.39, 0.29) is 23.5 Å². The van der Waals surface area contributed by atoms with Crippen LogP contribution in [-0.4, -0.2) is 66.7 Å². The van der Waals surface area contributed by atoms with Gasteiger partial charge in [0.1, 0.15) is 0 Å². The van der Waals surface area contributed by atoms with Crippen molar-refractivity contribution in [3.63, 3.8) is 0 Å². The SMILES string of the molecule is COCCCN1C(=O)C(C)NC12CCN(C(=O)c1ccccc1Cl)CC2. The van der Waals surface area contributed by atoms with Gasteiger partial charge in [0.05, 0.1) is 22.3 Å². The smallest absolute Gasteiger partial charge is 0.255 e. The summed E-state index contributed by atoms with van der Waals surface area (Å²) in [5.74, 6) is 0.0840. The van der Waals surface area contributed by atoms with Crippen LogP contribution in [0.15, 0.2) is 24.3 Å². The first kappa shape index (κ1) is 19.1. The summed E-state index contributed by atoms with van der Waals surface area (Å²) in [5, 5.41) is 3.95. The van der Waals surface area contributed by atoms with Crippen LogP contribution < -0.4 is 5.32 Å². The molecule has 0 aromatic heterocycles. The third kappa shape index (κ3) is 3.59. The maximum atomic E-state index is 12.8. The molecular weight excluding hydrogens is 354 g/mol. The number of nitrogens with one attached hydrogen (secondary N) is 1. The highest BCUT2D eigenvalue weighted by Crippen LogP contribution is 2.33. The molecule has 1 aromatic carbocycles. The van der Waals surface area contributed by atoms with Gasteiger partial charge in [0.15, 0.2) is 0 Å². The molecule has 1 aromatic rings. The van der Waals surface area contributed by atoms with Crippen LogP contribution in [0.2, 0.25) is 5.02 Å². The Balaban J connectivity index is 1.68. The highest BCUT2D eigenvalue weighted by atomic mass is 35.5. The Morgan fingerprint density at radius 1 is 1.35 bits per heavy atom. The molecule has 2 aliphatic heterocycles. The summed E-state index contributed by atoms with van der Waals surface area (Å²) >= 11 is 6.17. The number of nitrogens with zero attached hydrogens (tertiary/aromatic N) is 2. The highest BCUT2D eigenvalue weighted by Gasteiger charge is 2.50. The van der Waals surface area contributed by atoms with E-state index in [1.54, 1.807) is 19.2 Å². The predicted molar refractivity (Wildman–Crippen MR) is 100 cm³/mol. The zero-order valence-electron chi connectivity index (χ0n) is 15.3. The van der Waals surface area contributed by atoms with Gasteiger partial charge in [0.2, 0.25) is 5.91 Å². The number of likely N-dealkylation sites (tertiary alicyclic amines) is 1. The second-order valence-electron chi connectivity index (χ2n) is 7.01. The molecule has 7 heteroatoms. The first-order valence-electron chi connectivity index (χ1n) is 9.10. The molecular formula is C19H26ClN3O3. The topological polar surface area (TPSA) is 61.9 Å². The van der Waals surface area contributed by atoms with E-state index in [1.807, 2.05) is 28.9 Å². The molecule has 26 heavy (non-hydrogen) atoms. The van der Waals surface area contributed by atoms with Crippen LogP contribution in [0.25, 0.3) is 0 Å². The number of hydrogen-bond acceptors (Lipinski definition) is 4. The minimum absolute atomic E-state index is 0.0474. The largest absolute Gasteiger partial charge is 0.385 e. The van der Waals surface area contributed by atoms with Gasteiger partial charge in [0, 0.05) is 46.2 Å². The number of ether oxygens (including phenoxy) is 1. The maximum Gasteiger partial charge on any atom is 0.255 e. The fourth-order valence-corrected chi connectivity index (χ4v) is 4.19. The van der Waals surface area contributed by atoms with E-state index in [9.17, 15) is 9.59 Å². The molecule has 0 bridgehead atoms. The number of rotatable bonds is 5. The van der Waals surface area contributed by atoms with Crippen molar-refractivity contribution in [3.8, 4) is 0 Å². The van der Waals surface area contributed by atoms with Crippen molar-refractivity contribution in [2.45, 2.75) is 37.9 Å². The fraction of sp³-hybridized carbons (Fsp3) is 0.579. The summed E-state index contributed by atoms with van der Waals surface area (Å²) in [6.07, 6.45) is 2.24. The van der Waals surface area contributed by atoms with Crippen LogP contribution in [0.1, 0.15) is 36.5 Å². The first-order valence-corrected chi connectivity index (χ1v) is 9.48. The van der Waals surface area contributed by atoms with E-state index < -0.39 is 0 Å². The van der Waals surface area contributed by atoms with Crippen LogP contribution in [0, 0.1) is 0 Å². The van der Waals surface area contributed by atoms with Crippen molar-refractivity contribution in [1.82, 2.24) is 15.1 Å². The first-order chi connectivity index (χ1) is 12.5. The highest BCUT2D eigenvalue weighted by molar-refractivity contribution is 6.33. The van der Waals surface area contributed by atoms with Gasteiger partial charge in [0.25, 0.3) is 5.91 Å². The normalized spacial score (nSPS) is 22.3. The molecule has 2 amide bonds. The van der Waals surface area contributed by atoms with Crippen molar-refractivity contribution in [2.75, 3.05) is 33.4 Å². The molecule has 0 radical (unpaired) electrons. The Morgan fingerprint density at radius 2 is 2.04 bits per heavy atom. The van der Waals surface area contributed by atoms with Crippen LogP contribution in [0.5, 0.6) is 0 Å². The molecule has 1 unspecified atom stereocenters. The molecule has 3 rings (SSSR count). The lowest BCUT2D eigenvalue weighted by molar-refractivity contribution is -0.133. The van der Waals surface area contributed by atoms with Gasteiger partial charge < -0.3 is 14.5 Å². The number of methoxy groups -OCH3 is 1. The molecule has 2 heterocycles. The van der Waals surface area contributed by atoms with Gasteiger partial charge in [-0.05, 0) is 25.5 Å². The molecule has 1 N–H and O–H groups in total. The van der Waals surface area contributed by atoms with Gasteiger partial charge in [-0.1, -0.05) is 23.7 Å². The molecule has 1 spiro atoms. The van der Waals surface area contributed by atoms with Crippen molar-refractivity contribution >= 4 is 23.4 Å². The van der Waals surface area contributed by atoms with E-state index in [0.29, 0.717) is 49.7 Å². The summed E-state index contributed by atoms with van der Waals surface area (Å²) in [7, 11) is 1.67. The lowest BCUT2D eigenvalue weighted by Gasteiger charge is -2.44. The van der Waals surface area contributed by atoms with E-state index in [2.05, 4.69) is 5.32 Å². The summed E-state index contributed by atoms with van der Waals surface area (Å²) in [4.78, 5) is 29.1. The lowest BCUT2D eigenvalue weighted by atomic mass is 9.95. The zero-order valence-corrected chi connectivity index (χ0v) is 16.1. The maximum absolute atomic E-state index is 12.8. The van der Waals surface area contributed by atoms with Crippen LogP contribution in [0.3, 0.4) is 0 Å². The second-order valence-corrected chi connectivity index (χ2v) is 7.41. The predicted octanol–water partition coefficient (Wildman–Crippen LogP) is 2.13. The standard InChI is InChI=1S/C19H26ClN3O3/c1-14-17(24)23(10-5-13-26-2)19(21-14)8-11-22(12-9-19)18(25)15-6-3-4-7-16(15)20/h3-4,6-7,14,21H,5,8-13H2,1-2H3. The van der Waals surface area contributed by atoms with E-state index in [0.717, 1.165) is 6.42 Å². The molecule has 2 fully saturated rings. The molecule has 142 valence electrons. The Kier molecular flexibility index (Phi) is 5.85. The summed E-state index contributed by atoms with van der Waals surface area (Å²) in [5.41, 5.74) is 0.174. The quantitative estimate of drug-likeness (QED) is 0.796. The lowest BCUT2D eigenvalue weighted by Crippen LogP contribution is -2.59. The van der Waals surface area contributed by atoms with Crippen molar-refractivity contribution in [2.24, 2.45) is 0 Å². The molecule has 6 nitrogen and oxygen atoms in total. The summed E-state index contributed by atoms with van der Waals surface area (Å²) < 4.78 is 5.12. The van der Waals surface area contributed by atoms with Gasteiger partial charge in [-0.15, -0.1) is 0 Å². The minimum Gasteiger partial charge on any atom is -0.385 e. The Hall–Kier alpha value is -1.63. The van der Waals surface area contributed by atoms with Crippen molar-refractivity contribution in [3.05, 3.63) is 34.9 Å². The Morgan fingerprint density at radius 3 is 2.69 bits per heavy atom. The van der Waals surface area contributed by atoms with E-state index in [1.165, 1.54) is 0 Å². The van der Waals surface area contributed by atoms with Crippen LogP contribution in [-0.2, 0) is 9.53 Å². The van der Waals surface area contributed by atoms with E-state index >= 15 is 0 Å². The number of carbonyl (C=O) groups excluding carboxylic acids is 2. The Labute approximate surface area is 159 Å². The molecule has 1 atom stereocenters. The number of carbonyl (C=O) groups is 2. The Bertz CT molecular complexity index is 674. The van der Waals surface area contributed by atoms with Gasteiger partial charge in [-0.3, -0.25) is 14.9 Å². The van der Waals surface area contributed by atoms with Crippen LogP contribution >= 0.6 is 11.6 Å². The number of piperidine rings is 1. The average molecular weight is 380 g/mol. The fourth-order valence-electron chi connectivity index (χ4n) is 3.98. The van der Waals surface area contributed by atoms with Crippen LogP contribution in [0.4, 0.5) is 0 Å². The van der Waals surface area contributed by atoms with E-state index in [4.69, 9.17) is 16.3 Å². The monoisotopic (exact) mass is 379 g/mol. The molecule has 2 saturated heterocycles. The average Bonchev–Trinajstić information content (AvgIpc) is 2.86. The molecule has 0 aliphatic carbocycles. The zero-order chi connectivity index (χ0) is 18.7. The van der Waals surface area contributed by atoms with Gasteiger partial charge in [-0.2, -0.15) is 0 Å². The summed E-state index contributed by atoms with van der Waals surface area (Å²) in [6.45, 7) is 4.39. The van der Waals surface area contributed by atoms with Crippen molar-refractivity contribution in [1.29, 1.82) is 0 Å². The number of amides is 2. The summed E-state index contributed by atoms with van der Waals surface area (Å²) in [6, 6.07) is 6.93. The second kappa shape index (κ2) is 7.94. The molecule has 2 aliphatic rings. The third-order valence-corrected chi connectivity index (χ3v) is 5.68. The number of halogens is 1.